The van der Waals surface area contributed by atoms with Gasteiger partial charge in [0.05, 0.1) is 22.4 Å². The van der Waals surface area contributed by atoms with Crippen LogP contribution in [0.5, 0.6) is 5.75 Å². The number of nitrogens with zero attached hydrogens (tertiary/aromatic N) is 2. The Morgan fingerprint density at radius 3 is 2.89 bits per heavy atom. The summed E-state index contributed by atoms with van der Waals surface area (Å²) in [7, 11) is 0. The molecule has 2 aromatic heterocycles. The lowest BCUT2D eigenvalue weighted by molar-refractivity contribution is -0.132. The predicted molar refractivity (Wildman–Crippen MR) is 139 cm³/mol. The molecule has 176 valence electrons. The van der Waals surface area contributed by atoms with E-state index in [4.69, 9.17) is 16.3 Å². The molecule has 2 aliphatic heterocycles. The van der Waals surface area contributed by atoms with E-state index in [2.05, 4.69) is 4.98 Å². The van der Waals surface area contributed by atoms with Crippen LogP contribution >= 0.6 is 34.3 Å². The maximum atomic E-state index is 13.4. The van der Waals surface area contributed by atoms with Crippen LogP contribution in [-0.4, -0.2) is 28.4 Å². The monoisotopic (exact) mass is 522 g/mol. The standard InChI is InChI=1S/C26H19ClN2O4S2/c1-13-10-20-17(12-16(13)27)28-26(35-20)29-22(19-5-3-9-34-19)21(24(31)25(29)32)23(30)15-6-7-18-14(11-15)4-2-8-33-18/h3,5-7,9-12,22,30H,2,4,8H2,1H3/b23-21+. The van der Waals surface area contributed by atoms with E-state index in [1.165, 1.54) is 27.6 Å². The number of hydrogen-bond donors (Lipinski definition) is 1. The Balaban J connectivity index is 1.52. The first-order valence-electron chi connectivity index (χ1n) is 11.1. The van der Waals surface area contributed by atoms with Crippen molar-refractivity contribution in [1.82, 2.24) is 4.98 Å². The third-order valence-electron chi connectivity index (χ3n) is 6.30. The molecule has 0 bridgehead atoms. The molecule has 4 heterocycles. The maximum Gasteiger partial charge on any atom is 0.301 e. The molecule has 0 spiro atoms. The van der Waals surface area contributed by atoms with Crippen LogP contribution < -0.4 is 9.64 Å². The molecule has 35 heavy (non-hydrogen) atoms. The highest BCUT2D eigenvalue weighted by molar-refractivity contribution is 7.22. The summed E-state index contributed by atoms with van der Waals surface area (Å²) in [5.41, 5.74) is 3.08. The molecule has 2 aromatic carbocycles. The first-order valence-corrected chi connectivity index (χ1v) is 13.2. The second-order valence-corrected chi connectivity index (χ2v) is 10.9. The van der Waals surface area contributed by atoms with Crippen LogP contribution in [0.1, 0.15) is 34.0 Å². The number of amides is 1. The number of aryl methyl sites for hydroxylation is 2. The van der Waals surface area contributed by atoms with E-state index < -0.39 is 17.7 Å². The van der Waals surface area contributed by atoms with Gasteiger partial charge in [0, 0.05) is 15.5 Å². The number of fused-ring (bicyclic) bond motifs is 2. The molecule has 1 saturated heterocycles. The lowest BCUT2D eigenvalue weighted by Gasteiger charge is -2.22. The number of ether oxygens (including phenoxy) is 1. The SMILES string of the molecule is Cc1cc2sc(N3C(=O)C(=O)/C(=C(/O)c4ccc5c(c4)CCCO5)C3c3cccs3)nc2cc1Cl. The second kappa shape index (κ2) is 8.48. The Morgan fingerprint density at radius 1 is 1.23 bits per heavy atom. The number of thiazole rings is 1. The van der Waals surface area contributed by atoms with E-state index in [1.54, 1.807) is 18.2 Å². The number of hydrogen-bond acceptors (Lipinski definition) is 7. The van der Waals surface area contributed by atoms with Crippen molar-refractivity contribution in [2.75, 3.05) is 11.5 Å². The van der Waals surface area contributed by atoms with Gasteiger partial charge in [0.15, 0.2) is 5.13 Å². The van der Waals surface area contributed by atoms with E-state index in [0.717, 1.165) is 39.3 Å². The highest BCUT2D eigenvalue weighted by Crippen LogP contribution is 2.46. The molecule has 9 heteroatoms. The smallest absolute Gasteiger partial charge is 0.301 e. The van der Waals surface area contributed by atoms with Crippen LogP contribution in [0.25, 0.3) is 16.0 Å². The molecule has 0 saturated carbocycles. The number of halogens is 1. The Hall–Kier alpha value is -3.20. The van der Waals surface area contributed by atoms with Gasteiger partial charge in [-0.2, -0.15) is 0 Å². The van der Waals surface area contributed by atoms with Crippen LogP contribution in [0, 0.1) is 6.92 Å². The molecule has 0 aliphatic carbocycles. The number of aliphatic hydroxyl groups excluding tert-OH is 1. The summed E-state index contributed by atoms with van der Waals surface area (Å²) < 4.78 is 6.55. The first kappa shape index (κ1) is 22.3. The van der Waals surface area contributed by atoms with Crippen molar-refractivity contribution in [1.29, 1.82) is 0 Å². The van der Waals surface area contributed by atoms with Crippen LogP contribution in [0.2, 0.25) is 5.02 Å². The maximum absolute atomic E-state index is 13.4. The molecular formula is C26H19ClN2O4S2. The van der Waals surface area contributed by atoms with Gasteiger partial charge in [0.2, 0.25) is 0 Å². The van der Waals surface area contributed by atoms with E-state index in [1.807, 2.05) is 36.6 Å². The predicted octanol–water partition coefficient (Wildman–Crippen LogP) is 6.27. The Morgan fingerprint density at radius 2 is 2.09 bits per heavy atom. The number of carbonyl (C=O) groups excluding carboxylic acids is 2. The van der Waals surface area contributed by atoms with E-state index in [0.29, 0.717) is 27.8 Å². The molecule has 1 N–H and O–H groups in total. The third-order valence-corrected chi connectivity index (χ3v) is 8.65. The Labute approximate surface area is 214 Å². The number of benzene rings is 2. The number of anilines is 1. The van der Waals surface area contributed by atoms with Gasteiger partial charge >= 0.3 is 5.91 Å². The van der Waals surface area contributed by atoms with Crippen molar-refractivity contribution in [3.05, 3.63) is 80.0 Å². The summed E-state index contributed by atoms with van der Waals surface area (Å²) in [6.45, 7) is 2.57. The summed E-state index contributed by atoms with van der Waals surface area (Å²) in [6.07, 6.45) is 1.71. The van der Waals surface area contributed by atoms with Gasteiger partial charge in [-0.15, -0.1) is 11.3 Å². The molecular weight excluding hydrogens is 504 g/mol. The number of aromatic nitrogens is 1. The highest BCUT2D eigenvalue weighted by Gasteiger charge is 2.48. The summed E-state index contributed by atoms with van der Waals surface area (Å²) in [4.78, 5) is 33.5. The molecule has 6 nitrogen and oxygen atoms in total. The van der Waals surface area contributed by atoms with Gasteiger partial charge in [-0.05, 0) is 72.7 Å². The normalized spacial score (nSPS) is 19.3. The average Bonchev–Trinajstić information content (AvgIpc) is 3.58. The number of thiophene rings is 1. The molecule has 6 rings (SSSR count). The molecule has 1 atom stereocenters. The van der Waals surface area contributed by atoms with E-state index in [-0.39, 0.29) is 11.3 Å². The largest absolute Gasteiger partial charge is 0.507 e. The fourth-order valence-corrected chi connectivity index (χ4v) is 6.60. The minimum atomic E-state index is -0.778. The molecule has 2 aliphatic rings. The minimum Gasteiger partial charge on any atom is -0.507 e. The fourth-order valence-electron chi connectivity index (χ4n) is 4.55. The number of rotatable bonds is 3. The third kappa shape index (κ3) is 3.64. The van der Waals surface area contributed by atoms with Crippen molar-refractivity contribution in [3.63, 3.8) is 0 Å². The second-order valence-electron chi connectivity index (χ2n) is 8.52. The van der Waals surface area contributed by atoms with Crippen molar-refractivity contribution in [2.24, 2.45) is 0 Å². The zero-order chi connectivity index (χ0) is 24.3. The van der Waals surface area contributed by atoms with Gasteiger partial charge in [0.1, 0.15) is 17.6 Å². The van der Waals surface area contributed by atoms with Crippen molar-refractivity contribution in [3.8, 4) is 5.75 Å². The number of Topliss-reactive ketones (excluding diaryl/α,β-unsaturated/α-hetero) is 1. The van der Waals surface area contributed by atoms with Gasteiger partial charge in [0.25, 0.3) is 5.78 Å². The topological polar surface area (TPSA) is 79.7 Å². The molecule has 4 aromatic rings. The molecule has 1 amide bonds. The van der Waals surface area contributed by atoms with Crippen LogP contribution in [0.15, 0.2) is 53.4 Å². The summed E-state index contributed by atoms with van der Waals surface area (Å²) >= 11 is 9.02. The number of carbonyl (C=O) groups is 2. The average molecular weight is 523 g/mol. The summed E-state index contributed by atoms with van der Waals surface area (Å²) in [5.74, 6) is -0.861. The van der Waals surface area contributed by atoms with Crippen molar-refractivity contribution in [2.45, 2.75) is 25.8 Å². The fraction of sp³-hybridized carbons (Fsp3) is 0.192. The Kier molecular flexibility index (Phi) is 5.40. The molecule has 1 fully saturated rings. The summed E-state index contributed by atoms with van der Waals surface area (Å²) in [6, 6.07) is 12.0. The van der Waals surface area contributed by atoms with E-state index >= 15 is 0 Å². The van der Waals surface area contributed by atoms with Crippen molar-refractivity contribution < 1.29 is 19.4 Å². The van der Waals surface area contributed by atoms with Crippen LogP contribution in [0.4, 0.5) is 5.13 Å². The zero-order valence-corrected chi connectivity index (χ0v) is 21.0. The van der Waals surface area contributed by atoms with Gasteiger partial charge < -0.3 is 9.84 Å². The highest BCUT2D eigenvalue weighted by atomic mass is 35.5. The lowest BCUT2D eigenvalue weighted by Crippen LogP contribution is -2.28. The first-order chi connectivity index (χ1) is 16.9. The van der Waals surface area contributed by atoms with E-state index in [9.17, 15) is 14.7 Å². The minimum absolute atomic E-state index is 0.0580. The molecule has 1 unspecified atom stereocenters. The lowest BCUT2D eigenvalue weighted by atomic mass is 9.97. The van der Waals surface area contributed by atoms with Gasteiger partial charge in [-0.3, -0.25) is 14.5 Å². The molecule has 0 radical (unpaired) electrons. The number of ketones is 1. The van der Waals surface area contributed by atoms with Gasteiger partial charge in [-0.1, -0.05) is 29.0 Å². The van der Waals surface area contributed by atoms with Gasteiger partial charge in [-0.25, -0.2) is 4.98 Å². The summed E-state index contributed by atoms with van der Waals surface area (Å²) in [5, 5.41) is 14.2. The Bertz CT molecular complexity index is 1500. The zero-order valence-electron chi connectivity index (χ0n) is 18.6. The number of aliphatic hydroxyl groups is 1. The quantitative estimate of drug-likeness (QED) is 0.195. The van der Waals surface area contributed by atoms with Crippen LogP contribution in [-0.2, 0) is 16.0 Å². The van der Waals surface area contributed by atoms with Crippen LogP contribution in [0.3, 0.4) is 0 Å². The van der Waals surface area contributed by atoms with Crippen molar-refractivity contribution >= 4 is 67.1 Å².